The van der Waals surface area contributed by atoms with Crippen LogP contribution in [0.5, 0.6) is 5.75 Å². The number of fused-ring (bicyclic) bond motifs is 1. The summed E-state index contributed by atoms with van der Waals surface area (Å²) in [5.74, 6) is 0.757. The normalized spacial score (nSPS) is 11.3. The van der Waals surface area contributed by atoms with Crippen LogP contribution in [0.4, 0.5) is 5.69 Å². The number of unbranched alkanes of at least 4 members (excludes halogenated alkanes) is 4. The number of nitrogens with zero attached hydrogens (tertiary/aromatic N) is 2. The summed E-state index contributed by atoms with van der Waals surface area (Å²) >= 11 is 0. The number of hydrogen-bond acceptors (Lipinski definition) is 3. The van der Waals surface area contributed by atoms with E-state index in [9.17, 15) is 4.79 Å². The topological polar surface area (TPSA) is 40.5 Å². The quantitative estimate of drug-likeness (QED) is 0.147. The summed E-state index contributed by atoms with van der Waals surface area (Å²) in [6.45, 7) is 1.54. The Morgan fingerprint density at radius 3 is 2.30 bits per heavy atom. The molecule has 0 N–H and O–H groups in total. The molecule has 0 fully saturated rings. The SMILES string of the molecule is COc1ccc2c(ccn2CCCCCCCOC(=O)Cc2ccc([N+](C)(C)C)cc2)c1.[I-]. The van der Waals surface area contributed by atoms with Crippen LogP contribution in [0.15, 0.2) is 54.7 Å². The third-order valence-corrected chi connectivity index (χ3v) is 5.84. The summed E-state index contributed by atoms with van der Waals surface area (Å²) in [7, 11) is 8.08. The molecule has 3 rings (SSSR count). The maximum Gasteiger partial charge on any atom is 0.310 e. The van der Waals surface area contributed by atoms with E-state index in [-0.39, 0.29) is 29.9 Å². The summed E-state index contributed by atoms with van der Waals surface area (Å²) in [4.78, 5) is 12.1. The molecule has 2 aromatic carbocycles. The van der Waals surface area contributed by atoms with Crippen LogP contribution in [0.25, 0.3) is 10.9 Å². The maximum atomic E-state index is 12.1. The van der Waals surface area contributed by atoms with Crippen LogP contribution in [0.2, 0.25) is 0 Å². The number of benzene rings is 2. The van der Waals surface area contributed by atoms with Gasteiger partial charge in [-0.3, -0.25) is 9.28 Å². The second-order valence-corrected chi connectivity index (χ2v) is 9.28. The smallest absolute Gasteiger partial charge is 0.310 e. The van der Waals surface area contributed by atoms with Crippen LogP contribution in [-0.4, -0.2) is 45.4 Å². The Hall–Kier alpha value is -2.06. The predicted octanol–water partition coefficient (Wildman–Crippen LogP) is 2.59. The highest BCUT2D eigenvalue weighted by Crippen LogP contribution is 2.22. The maximum absolute atomic E-state index is 12.1. The summed E-state index contributed by atoms with van der Waals surface area (Å²) in [5, 5.41) is 1.22. The van der Waals surface area contributed by atoms with Crippen LogP contribution in [0.1, 0.15) is 37.7 Å². The van der Waals surface area contributed by atoms with Crippen molar-refractivity contribution in [2.75, 3.05) is 34.9 Å². The van der Waals surface area contributed by atoms with Gasteiger partial charge < -0.3 is 38.0 Å². The van der Waals surface area contributed by atoms with Crippen molar-refractivity contribution in [3.8, 4) is 5.75 Å². The van der Waals surface area contributed by atoms with E-state index in [2.05, 4.69) is 62.2 Å². The molecule has 0 spiro atoms. The Morgan fingerprint density at radius 1 is 0.909 bits per heavy atom. The Balaban J connectivity index is 0.00000385. The lowest BCUT2D eigenvalue weighted by molar-refractivity contribution is -0.142. The third kappa shape index (κ3) is 8.34. The first-order valence-corrected chi connectivity index (χ1v) is 11.6. The van der Waals surface area contributed by atoms with Crippen LogP contribution in [0, 0.1) is 0 Å². The van der Waals surface area contributed by atoms with E-state index in [0.717, 1.165) is 48.0 Å². The Labute approximate surface area is 215 Å². The number of carbonyl (C=O) groups excluding carboxylic acids is 1. The Bertz CT molecular complexity index is 1010. The van der Waals surface area contributed by atoms with Gasteiger partial charge in [-0.05, 0) is 54.8 Å². The summed E-state index contributed by atoms with van der Waals surface area (Å²) < 4.78 is 13.8. The summed E-state index contributed by atoms with van der Waals surface area (Å²) in [6.07, 6.45) is 8.01. The van der Waals surface area contributed by atoms with Crippen molar-refractivity contribution in [2.45, 2.75) is 45.1 Å². The van der Waals surface area contributed by atoms with Crippen molar-refractivity contribution in [3.05, 3.63) is 60.3 Å². The summed E-state index contributed by atoms with van der Waals surface area (Å²) in [6, 6.07) is 16.6. The molecule has 5 nitrogen and oxygen atoms in total. The number of esters is 1. The van der Waals surface area contributed by atoms with Gasteiger partial charge in [0, 0.05) is 23.6 Å². The standard InChI is InChI=1S/C27H37N2O3.HI/c1-29(2,3)24-12-10-22(11-13-24)20-27(30)32-19-9-7-5-6-8-17-28-18-16-23-21-25(31-4)14-15-26(23)28;/h10-16,18,21H,5-9,17,19-20H2,1-4H3;1H/q+1;/p-1. The molecule has 0 unspecified atom stereocenters. The monoisotopic (exact) mass is 564 g/mol. The zero-order chi connectivity index (χ0) is 23.0. The molecule has 0 aliphatic rings. The molecule has 0 saturated carbocycles. The van der Waals surface area contributed by atoms with E-state index in [1.165, 1.54) is 23.0 Å². The first-order valence-electron chi connectivity index (χ1n) is 11.6. The molecule has 180 valence electrons. The highest BCUT2D eigenvalue weighted by atomic mass is 127. The van der Waals surface area contributed by atoms with Gasteiger partial charge in [-0.15, -0.1) is 0 Å². The molecule has 0 radical (unpaired) electrons. The van der Waals surface area contributed by atoms with Crippen molar-refractivity contribution in [3.63, 3.8) is 0 Å². The minimum absolute atomic E-state index is 0. The fourth-order valence-electron chi connectivity index (χ4n) is 3.88. The molecular weight excluding hydrogens is 527 g/mol. The first kappa shape index (κ1) is 27.2. The molecule has 6 heteroatoms. The van der Waals surface area contributed by atoms with Crippen molar-refractivity contribution in [1.82, 2.24) is 9.05 Å². The first-order chi connectivity index (χ1) is 15.4. The van der Waals surface area contributed by atoms with Crippen molar-refractivity contribution >= 4 is 22.6 Å². The van der Waals surface area contributed by atoms with Crippen LogP contribution in [-0.2, 0) is 22.5 Å². The number of hydrogen-bond donors (Lipinski definition) is 0. The number of quaternary nitrogens is 1. The molecule has 0 atom stereocenters. The summed E-state index contributed by atoms with van der Waals surface area (Å²) in [5.41, 5.74) is 3.47. The Kier molecular flexibility index (Phi) is 10.7. The Morgan fingerprint density at radius 2 is 1.61 bits per heavy atom. The van der Waals surface area contributed by atoms with Gasteiger partial charge in [-0.1, -0.05) is 31.4 Å². The van der Waals surface area contributed by atoms with E-state index in [0.29, 0.717) is 13.0 Å². The van der Waals surface area contributed by atoms with Crippen LogP contribution in [0.3, 0.4) is 0 Å². The van der Waals surface area contributed by atoms with Crippen LogP contribution >= 0.6 is 0 Å². The van der Waals surface area contributed by atoms with E-state index >= 15 is 0 Å². The number of aryl methyl sites for hydroxylation is 1. The lowest BCUT2D eigenvalue weighted by Crippen LogP contribution is -3.00. The molecule has 0 aliphatic heterocycles. The van der Waals surface area contributed by atoms with Gasteiger partial charge in [0.05, 0.1) is 41.3 Å². The molecule has 3 aromatic rings. The molecule has 0 aliphatic carbocycles. The van der Waals surface area contributed by atoms with Crippen molar-refractivity contribution in [1.29, 1.82) is 0 Å². The fourth-order valence-corrected chi connectivity index (χ4v) is 3.88. The lowest BCUT2D eigenvalue weighted by atomic mass is 10.1. The van der Waals surface area contributed by atoms with E-state index in [4.69, 9.17) is 9.47 Å². The van der Waals surface area contributed by atoms with Gasteiger partial charge in [-0.25, -0.2) is 0 Å². The molecule has 1 heterocycles. The number of halogens is 1. The largest absolute Gasteiger partial charge is 1.00 e. The predicted molar refractivity (Wildman–Crippen MR) is 132 cm³/mol. The number of rotatable bonds is 12. The molecule has 33 heavy (non-hydrogen) atoms. The van der Waals surface area contributed by atoms with Crippen molar-refractivity contribution < 1.29 is 38.2 Å². The fraction of sp³-hybridized carbons (Fsp3) is 0.444. The van der Waals surface area contributed by atoms with Gasteiger partial charge in [0.2, 0.25) is 0 Å². The van der Waals surface area contributed by atoms with Crippen molar-refractivity contribution in [2.24, 2.45) is 0 Å². The third-order valence-electron chi connectivity index (χ3n) is 5.84. The average molecular weight is 565 g/mol. The second-order valence-electron chi connectivity index (χ2n) is 9.28. The molecule has 0 saturated heterocycles. The van der Waals surface area contributed by atoms with Crippen LogP contribution < -0.4 is 33.2 Å². The highest BCUT2D eigenvalue weighted by molar-refractivity contribution is 5.81. The molecular formula is C27H37IN2O3. The lowest BCUT2D eigenvalue weighted by Gasteiger charge is -2.23. The molecule has 0 bridgehead atoms. The minimum Gasteiger partial charge on any atom is -1.00 e. The van der Waals surface area contributed by atoms with E-state index in [1.54, 1.807) is 7.11 Å². The van der Waals surface area contributed by atoms with Gasteiger partial charge in [-0.2, -0.15) is 0 Å². The molecule has 1 aromatic heterocycles. The zero-order valence-electron chi connectivity index (χ0n) is 20.4. The van der Waals surface area contributed by atoms with Gasteiger partial charge in [0.1, 0.15) is 11.4 Å². The number of ether oxygens (including phenoxy) is 2. The van der Waals surface area contributed by atoms with E-state index < -0.39 is 0 Å². The average Bonchev–Trinajstić information content (AvgIpc) is 3.17. The number of carbonyl (C=O) groups is 1. The second kappa shape index (κ2) is 13.0. The number of aromatic nitrogens is 1. The van der Waals surface area contributed by atoms with E-state index in [1.807, 2.05) is 18.2 Å². The molecule has 0 amide bonds. The number of methoxy groups -OCH3 is 1. The van der Waals surface area contributed by atoms with Gasteiger partial charge in [0.15, 0.2) is 0 Å². The van der Waals surface area contributed by atoms with Gasteiger partial charge in [0.25, 0.3) is 0 Å². The minimum atomic E-state index is -0.140. The van der Waals surface area contributed by atoms with Gasteiger partial charge >= 0.3 is 5.97 Å². The zero-order valence-corrected chi connectivity index (χ0v) is 22.5. The highest BCUT2D eigenvalue weighted by Gasteiger charge is 2.12.